The lowest BCUT2D eigenvalue weighted by Gasteiger charge is -2.32. The Kier molecular flexibility index (Phi) is 6.07. The van der Waals surface area contributed by atoms with Crippen molar-refractivity contribution in [3.8, 4) is 0 Å². The van der Waals surface area contributed by atoms with Crippen molar-refractivity contribution < 1.29 is 28.4 Å². The third-order valence-electron chi connectivity index (χ3n) is 7.15. The maximum absolute atomic E-state index is 13.2. The molecule has 1 aromatic carbocycles. The Morgan fingerprint density at radius 1 is 0.857 bits per heavy atom. The van der Waals surface area contributed by atoms with Gasteiger partial charge < -0.3 is 18.8 Å². The van der Waals surface area contributed by atoms with E-state index in [2.05, 4.69) is 0 Å². The van der Waals surface area contributed by atoms with E-state index in [1.807, 2.05) is 27.7 Å². The molecule has 3 aliphatic rings. The van der Waals surface area contributed by atoms with E-state index in [0.29, 0.717) is 5.03 Å². The predicted molar refractivity (Wildman–Crippen MR) is 136 cm³/mol. The Balaban J connectivity index is 1.77. The Labute approximate surface area is 213 Å². The van der Waals surface area contributed by atoms with E-state index in [-0.39, 0.29) is 23.0 Å². The largest absolute Gasteiger partial charge is 0.492 e. The fraction of sp³-hybridized carbons (Fsp3) is 0.630. The summed E-state index contributed by atoms with van der Waals surface area (Å²) >= 11 is 6.91. The topological polar surface area (TPSA) is 71.1 Å². The van der Waals surface area contributed by atoms with Gasteiger partial charge in [-0.3, -0.25) is 0 Å². The predicted octanol–water partition coefficient (Wildman–Crippen LogP) is 6.31. The number of carbonyl (C=O) groups is 2. The van der Waals surface area contributed by atoms with Crippen molar-refractivity contribution in [3.05, 3.63) is 44.9 Å². The van der Waals surface area contributed by atoms with E-state index in [0.717, 1.165) is 23.0 Å². The van der Waals surface area contributed by atoms with Gasteiger partial charge in [0.2, 0.25) is 0 Å². The molecule has 2 atom stereocenters. The van der Waals surface area contributed by atoms with E-state index in [4.69, 9.17) is 30.4 Å². The van der Waals surface area contributed by atoms with Gasteiger partial charge in [-0.25, -0.2) is 9.59 Å². The second kappa shape index (κ2) is 8.09. The number of hydrogen-bond donors (Lipinski definition) is 0. The van der Waals surface area contributed by atoms with Gasteiger partial charge >= 0.3 is 19.1 Å². The molecule has 35 heavy (non-hydrogen) atoms. The summed E-state index contributed by atoms with van der Waals surface area (Å²) in [5.41, 5.74) is 0.795. The number of halogens is 1. The number of carbonyl (C=O) groups excluding carboxylic acids is 2. The molecule has 0 saturated carbocycles. The summed E-state index contributed by atoms with van der Waals surface area (Å²) in [5.74, 6) is -1.27. The first-order chi connectivity index (χ1) is 15.8. The molecule has 0 radical (unpaired) electrons. The molecule has 1 heterocycles. The van der Waals surface area contributed by atoms with E-state index >= 15 is 0 Å². The third kappa shape index (κ3) is 4.67. The van der Waals surface area contributed by atoms with Gasteiger partial charge in [0.15, 0.2) is 0 Å². The van der Waals surface area contributed by atoms with Crippen molar-refractivity contribution >= 4 is 30.7 Å². The lowest BCUT2D eigenvalue weighted by atomic mass is 9.69. The van der Waals surface area contributed by atoms with Gasteiger partial charge in [-0.05, 0) is 104 Å². The van der Waals surface area contributed by atoms with E-state index in [1.54, 1.807) is 53.7 Å². The average molecular weight is 503 g/mol. The number of hydrogen-bond acceptors (Lipinski definition) is 6. The summed E-state index contributed by atoms with van der Waals surface area (Å²) < 4.78 is 23.9. The molecule has 2 bridgehead atoms. The minimum atomic E-state index is -0.711. The lowest BCUT2D eigenvalue weighted by molar-refractivity contribution is 0.00185. The highest BCUT2D eigenvalue weighted by atomic mass is 35.5. The van der Waals surface area contributed by atoms with Crippen LogP contribution in [0.25, 0.3) is 0 Å². The quantitative estimate of drug-likeness (QED) is 0.356. The standard InChI is InChI=1S/C27H36BClO6/c1-24(2,3)32-22(30)18-11-14-15(12-19(18)23(31)33-25(4,5)6)17-13-16(14)20(21(17)29)28-34-26(7,8)27(9,10)35-28/h11-12,16-17H,13H2,1-10H3/t16-,17+/m0/s1. The van der Waals surface area contributed by atoms with Crippen molar-refractivity contribution in [2.24, 2.45) is 0 Å². The number of esters is 2. The fourth-order valence-corrected chi connectivity index (χ4v) is 5.31. The first kappa shape index (κ1) is 26.2. The molecule has 190 valence electrons. The average Bonchev–Trinajstić information content (AvgIpc) is 3.25. The zero-order chi connectivity index (χ0) is 26.3. The highest BCUT2D eigenvalue weighted by molar-refractivity contribution is 6.58. The summed E-state index contributed by atoms with van der Waals surface area (Å²) in [6.07, 6.45) is 0.749. The highest BCUT2D eigenvalue weighted by Gasteiger charge is 2.57. The zero-order valence-corrected chi connectivity index (χ0v) is 23.2. The molecule has 0 spiro atoms. The van der Waals surface area contributed by atoms with Crippen LogP contribution < -0.4 is 0 Å². The third-order valence-corrected chi connectivity index (χ3v) is 7.63. The molecule has 1 aromatic rings. The van der Waals surface area contributed by atoms with Crippen LogP contribution in [0.4, 0.5) is 0 Å². The molecule has 0 aromatic heterocycles. The molecule has 6 nitrogen and oxygen atoms in total. The van der Waals surface area contributed by atoms with Crippen molar-refractivity contribution in [2.75, 3.05) is 0 Å². The van der Waals surface area contributed by atoms with E-state index < -0.39 is 41.5 Å². The first-order valence-electron chi connectivity index (χ1n) is 12.2. The van der Waals surface area contributed by atoms with Gasteiger partial charge in [-0.1, -0.05) is 11.6 Å². The van der Waals surface area contributed by atoms with Gasteiger partial charge in [0, 0.05) is 16.9 Å². The monoisotopic (exact) mass is 502 g/mol. The van der Waals surface area contributed by atoms with Crippen molar-refractivity contribution in [2.45, 2.75) is 110 Å². The number of fused-ring (bicyclic) bond motifs is 5. The molecule has 1 fully saturated rings. The van der Waals surface area contributed by atoms with Crippen LogP contribution in [0.3, 0.4) is 0 Å². The van der Waals surface area contributed by atoms with Crippen LogP contribution in [-0.2, 0) is 18.8 Å². The summed E-state index contributed by atoms with van der Waals surface area (Å²) in [5, 5.41) is 0.696. The van der Waals surface area contributed by atoms with Crippen molar-refractivity contribution in [1.29, 1.82) is 0 Å². The normalized spacial score (nSPS) is 24.6. The second-order valence-electron chi connectivity index (χ2n) is 12.8. The molecule has 2 aliphatic carbocycles. The summed E-state index contributed by atoms with van der Waals surface area (Å²) in [7, 11) is -0.564. The van der Waals surface area contributed by atoms with Gasteiger partial charge in [0.1, 0.15) is 11.2 Å². The van der Waals surface area contributed by atoms with Crippen LogP contribution in [0.5, 0.6) is 0 Å². The highest BCUT2D eigenvalue weighted by Crippen LogP contribution is 2.60. The lowest BCUT2D eigenvalue weighted by Crippen LogP contribution is -2.41. The van der Waals surface area contributed by atoms with Crippen LogP contribution in [0.2, 0.25) is 0 Å². The molecule has 0 unspecified atom stereocenters. The number of benzene rings is 1. The summed E-state index contributed by atoms with van der Waals surface area (Å²) in [6.45, 7) is 18.8. The minimum absolute atomic E-state index is 0.0638. The Hall–Kier alpha value is -1.83. The van der Waals surface area contributed by atoms with Crippen LogP contribution in [0.1, 0.15) is 119 Å². The van der Waals surface area contributed by atoms with Gasteiger partial charge in [-0.15, -0.1) is 0 Å². The van der Waals surface area contributed by atoms with Crippen molar-refractivity contribution in [3.63, 3.8) is 0 Å². The maximum Gasteiger partial charge on any atom is 0.492 e. The molecular formula is C27H36BClO6. The zero-order valence-electron chi connectivity index (χ0n) is 22.4. The van der Waals surface area contributed by atoms with Crippen LogP contribution in [0, 0.1) is 0 Å². The van der Waals surface area contributed by atoms with Crippen LogP contribution >= 0.6 is 11.6 Å². The Bertz CT molecular complexity index is 1110. The van der Waals surface area contributed by atoms with Gasteiger partial charge in [0.05, 0.1) is 22.3 Å². The fourth-order valence-electron chi connectivity index (χ4n) is 4.88. The molecule has 0 N–H and O–H groups in total. The second-order valence-corrected chi connectivity index (χ2v) is 13.2. The molecule has 1 saturated heterocycles. The van der Waals surface area contributed by atoms with E-state index in [9.17, 15) is 9.59 Å². The summed E-state index contributed by atoms with van der Waals surface area (Å²) in [6, 6.07) is 3.54. The number of rotatable bonds is 3. The first-order valence-corrected chi connectivity index (χ1v) is 12.6. The van der Waals surface area contributed by atoms with Crippen LogP contribution in [-0.4, -0.2) is 41.5 Å². The minimum Gasteiger partial charge on any atom is -0.456 e. The molecule has 0 amide bonds. The summed E-state index contributed by atoms with van der Waals surface area (Å²) in [4.78, 5) is 26.4. The Morgan fingerprint density at radius 2 is 1.26 bits per heavy atom. The molecule has 4 rings (SSSR count). The number of allylic oxidation sites excluding steroid dienone is 2. The van der Waals surface area contributed by atoms with E-state index in [1.165, 1.54) is 0 Å². The van der Waals surface area contributed by atoms with Crippen molar-refractivity contribution in [1.82, 2.24) is 0 Å². The molecule has 1 aliphatic heterocycles. The van der Waals surface area contributed by atoms with Crippen LogP contribution in [0.15, 0.2) is 22.6 Å². The SMILES string of the molecule is CC(C)(C)OC(=O)c1cc2c(cc1C(=O)OC(C)(C)C)[C@H]1C[C@@H]2C(B2OC(C)(C)C(C)(C)O2)=C1Cl. The molecule has 8 heteroatoms. The maximum atomic E-state index is 13.2. The Morgan fingerprint density at radius 3 is 1.66 bits per heavy atom. The smallest absolute Gasteiger partial charge is 0.456 e. The van der Waals surface area contributed by atoms with Gasteiger partial charge in [-0.2, -0.15) is 0 Å². The molecular weight excluding hydrogens is 467 g/mol. The number of ether oxygens (including phenoxy) is 2. The van der Waals surface area contributed by atoms with Gasteiger partial charge in [0.25, 0.3) is 0 Å².